The molecule has 2 aromatic heterocycles. The van der Waals surface area contributed by atoms with Crippen molar-refractivity contribution in [2.75, 3.05) is 24.5 Å². The number of nitrogens with zero attached hydrogens (tertiary/aromatic N) is 3. The summed E-state index contributed by atoms with van der Waals surface area (Å²) in [6.45, 7) is 6.44. The number of hydrogen-bond donors (Lipinski definition) is 2. The number of nitrogens with one attached hydrogen (secondary N) is 2. The van der Waals surface area contributed by atoms with Crippen LogP contribution in [0.4, 0.5) is 5.69 Å². The fourth-order valence-electron chi connectivity index (χ4n) is 4.68. The van der Waals surface area contributed by atoms with Crippen LogP contribution in [0.25, 0.3) is 22.2 Å². The third kappa shape index (κ3) is 3.23. The van der Waals surface area contributed by atoms with Crippen LogP contribution in [0.15, 0.2) is 36.5 Å². The van der Waals surface area contributed by atoms with E-state index in [4.69, 9.17) is 4.74 Å². The number of pyridine rings is 1. The molecule has 30 heavy (non-hydrogen) atoms. The minimum absolute atomic E-state index is 0.0811. The third-order valence-corrected chi connectivity index (χ3v) is 6.20. The SMILES string of the molecule is CC(C)Oc1ccc(-c2n[nH]c3ccc(N4CCCC5(CCNC5)C4=O)cc23)cn1. The normalized spacial score (nSPS) is 21.8. The highest BCUT2D eigenvalue weighted by atomic mass is 16.5. The number of aromatic amines is 1. The molecule has 0 saturated carbocycles. The molecule has 1 atom stereocenters. The molecule has 5 rings (SSSR count). The maximum atomic E-state index is 13.3. The highest BCUT2D eigenvalue weighted by Gasteiger charge is 2.46. The molecular weight excluding hydrogens is 378 g/mol. The number of H-pyrrole nitrogens is 1. The molecule has 2 aliphatic heterocycles. The Hall–Kier alpha value is -2.93. The topological polar surface area (TPSA) is 83.1 Å². The van der Waals surface area contributed by atoms with Crippen LogP contribution in [0.5, 0.6) is 5.88 Å². The summed E-state index contributed by atoms with van der Waals surface area (Å²) < 4.78 is 5.64. The molecule has 1 amide bonds. The number of carbonyl (C=O) groups is 1. The van der Waals surface area contributed by atoms with E-state index >= 15 is 0 Å². The van der Waals surface area contributed by atoms with Gasteiger partial charge < -0.3 is 15.0 Å². The predicted octanol–water partition coefficient (Wildman–Crippen LogP) is 3.52. The molecule has 7 nitrogen and oxygen atoms in total. The molecule has 0 aliphatic carbocycles. The summed E-state index contributed by atoms with van der Waals surface area (Å²) in [4.78, 5) is 19.7. The van der Waals surface area contributed by atoms with Gasteiger partial charge in [-0.1, -0.05) is 0 Å². The van der Waals surface area contributed by atoms with Gasteiger partial charge in [-0.25, -0.2) is 4.98 Å². The summed E-state index contributed by atoms with van der Waals surface area (Å²) in [5, 5.41) is 12.0. The fourth-order valence-corrected chi connectivity index (χ4v) is 4.68. The number of hydrogen-bond acceptors (Lipinski definition) is 5. The van der Waals surface area contributed by atoms with Crippen LogP contribution in [-0.2, 0) is 4.79 Å². The van der Waals surface area contributed by atoms with Gasteiger partial charge >= 0.3 is 0 Å². The summed E-state index contributed by atoms with van der Waals surface area (Å²) in [7, 11) is 0. The number of fused-ring (bicyclic) bond motifs is 1. The summed E-state index contributed by atoms with van der Waals surface area (Å²) >= 11 is 0. The van der Waals surface area contributed by atoms with Crippen LogP contribution < -0.4 is 15.0 Å². The Morgan fingerprint density at radius 2 is 2.10 bits per heavy atom. The summed E-state index contributed by atoms with van der Waals surface area (Å²) in [5.74, 6) is 0.851. The van der Waals surface area contributed by atoms with Crippen LogP contribution in [-0.4, -0.2) is 46.8 Å². The molecule has 0 radical (unpaired) electrons. The minimum Gasteiger partial charge on any atom is -0.475 e. The van der Waals surface area contributed by atoms with Crippen LogP contribution in [0.1, 0.15) is 33.1 Å². The molecule has 2 N–H and O–H groups in total. The largest absolute Gasteiger partial charge is 0.475 e. The Morgan fingerprint density at radius 3 is 2.83 bits per heavy atom. The minimum atomic E-state index is -0.234. The van der Waals surface area contributed by atoms with Gasteiger partial charge in [0.25, 0.3) is 0 Å². The highest BCUT2D eigenvalue weighted by molar-refractivity contribution is 6.02. The molecule has 2 fully saturated rings. The van der Waals surface area contributed by atoms with Gasteiger partial charge in [0.2, 0.25) is 11.8 Å². The number of ether oxygens (including phenoxy) is 1. The zero-order chi connectivity index (χ0) is 20.7. The van der Waals surface area contributed by atoms with Crippen molar-refractivity contribution >= 4 is 22.5 Å². The fraction of sp³-hybridized carbons (Fsp3) is 0.435. The smallest absolute Gasteiger partial charge is 0.234 e. The van der Waals surface area contributed by atoms with Gasteiger partial charge in [-0.3, -0.25) is 9.89 Å². The van der Waals surface area contributed by atoms with E-state index in [0.717, 1.165) is 66.7 Å². The Bertz CT molecular complexity index is 1070. The van der Waals surface area contributed by atoms with Crippen molar-refractivity contribution in [1.29, 1.82) is 0 Å². The molecule has 0 bridgehead atoms. The lowest BCUT2D eigenvalue weighted by molar-refractivity contribution is -0.129. The maximum absolute atomic E-state index is 13.3. The first kappa shape index (κ1) is 19.1. The Kier molecular flexibility index (Phi) is 4.70. The van der Waals surface area contributed by atoms with Gasteiger partial charge in [0.15, 0.2) is 0 Å². The van der Waals surface area contributed by atoms with Crippen molar-refractivity contribution in [3.8, 4) is 17.1 Å². The van der Waals surface area contributed by atoms with Gasteiger partial charge in [0, 0.05) is 42.0 Å². The van der Waals surface area contributed by atoms with Crippen LogP contribution in [0.2, 0.25) is 0 Å². The van der Waals surface area contributed by atoms with Gasteiger partial charge in [0.1, 0.15) is 5.69 Å². The van der Waals surface area contributed by atoms with E-state index in [0.29, 0.717) is 5.88 Å². The van der Waals surface area contributed by atoms with E-state index in [-0.39, 0.29) is 17.4 Å². The lowest BCUT2D eigenvalue weighted by atomic mass is 9.78. The van der Waals surface area contributed by atoms with Gasteiger partial charge in [-0.15, -0.1) is 0 Å². The molecule has 2 saturated heterocycles. The van der Waals surface area contributed by atoms with E-state index < -0.39 is 0 Å². The van der Waals surface area contributed by atoms with Crippen LogP contribution in [0, 0.1) is 5.41 Å². The highest BCUT2D eigenvalue weighted by Crippen LogP contribution is 2.39. The van der Waals surface area contributed by atoms with Gasteiger partial charge in [-0.05, 0) is 63.9 Å². The van der Waals surface area contributed by atoms with Crippen molar-refractivity contribution in [2.24, 2.45) is 5.41 Å². The van der Waals surface area contributed by atoms with Crippen molar-refractivity contribution in [2.45, 2.75) is 39.2 Å². The first-order chi connectivity index (χ1) is 14.6. The summed E-state index contributed by atoms with van der Waals surface area (Å²) in [6, 6.07) is 9.93. The molecule has 1 unspecified atom stereocenters. The second-order valence-corrected chi connectivity index (χ2v) is 8.62. The molecule has 1 spiro atoms. The molecule has 3 aromatic rings. The van der Waals surface area contributed by atoms with E-state index in [2.05, 4.69) is 26.6 Å². The third-order valence-electron chi connectivity index (χ3n) is 6.20. The van der Waals surface area contributed by atoms with E-state index in [1.54, 1.807) is 6.20 Å². The molecule has 1 aromatic carbocycles. The van der Waals surface area contributed by atoms with E-state index in [9.17, 15) is 4.79 Å². The Morgan fingerprint density at radius 1 is 1.20 bits per heavy atom. The number of carbonyl (C=O) groups excluding carboxylic acids is 1. The quantitative estimate of drug-likeness (QED) is 0.694. The number of aromatic nitrogens is 3. The monoisotopic (exact) mass is 405 g/mol. The van der Waals surface area contributed by atoms with E-state index in [1.165, 1.54) is 0 Å². The average Bonchev–Trinajstić information content (AvgIpc) is 3.38. The Labute approximate surface area is 175 Å². The lowest BCUT2D eigenvalue weighted by Gasteiger charge is -2.39. The number of anilines is 1. The summed E-state index contributed by atoms with van der Waals surface area (Å²) in [6.07, 6.45) is 4.80. The van der Waals surface area contributed by atoms with Crippen LogP contribution in [0.3, 0.4) is 0 Å². The standard InChI is InChI=1S/C23H27N5O2/c1-15(2)30-20-7-4-16(13-25-20)21-18-12-17(5-6-19(18)26-27-21)28-11-3-8-23(22(28)29)9-10-24-14-23/h4-7,12-13,15,24H,3,8-11,14H2,1-2H3,(H,26,27). The number of piperidine rings is 1. The van der Waals surface area contributed by atoms with Crippen molar-refractivity contribution in [3.05, 3.63) is 36.5 Å². The van der Waals surface area contributed by atoms with Crippen molar-refractivity contribution in [1.82, 2.24) is 20.5 Å². The van der Waals surface area contributed by atoms with Crippen molar-refractivity contribution in [3.63, 3.8) is 0 Å². The zero-order valence-electron chi connectivity index (χ0n) is 17.4. The molecule has 2 aliphatic rings. The predicted molar refractivity (Wildman–Crippen MR) is 117 cm³/mol. The lowest BCUT2D eigenvalue weighted by Crippen LogP contribution is -2.50. The molecule has 7 heteroatoms. The van der Waals surface area contributed by atoms with Crippen molar-refractivity contribution < 1.29 is 9.53 Å². The van der Waals surface area contributed by atoms with Gasteiger partial charge in [-0.2, -0.15) is 5.10 Å². The number of benzene rings is 1. The maximum Gasteiger partial charge on any atom is 0.234 e. The number of amides is 1. The zero-order valence-corrected chi connectivity index (χ0v) is 17.4. The summed E-state index contributed by atoms with van der Waals surface area (Å²) in [5.41, 5.74) is 3.39. The first-order valence-electron chi connectivity index (χ1n) is 10.7. The molecular formula is C23H27N5O2. The first-order valence-corrected chi connectivity index (χ1v) is 10.7. The molecule has 156 valence electrons. The second kappa shape index (κ2) is 7.40. The van der Waals surface area contributed by atoms with Gasteiger partial charge in [0.05, 0.1) is 17.0 Å². The van der Waals surface area contributed by atoms with E-state index in [1.807, 2.05) is 43.0 Å². The average molecular weight is 406 g/mol. The Balaban J connectivity index is 1.48. The molecule has 4 heterocycles. The number of rotatable bonds is 4. The van der Waals surface area contributed by atoms with Crippen LogP contribution >= 0.6 is 0 Å². The second-order valence-electron chi connectivity index (χ2n) is 8.62.